The summed E-state index contributed by atoms with van der Waals surface area (Å²) >= 11 is 0. The van der Waals surface area contributed by atoms with E-state index in [9.17, 15) is 4.79 Å². The second-order valence-electron chi connectivity index (χ2n) is 3.98. The Hall–Kier alpha value is -0.930. The average Bonchev–Trinajstić information content (AvgIpc) is 1.80. The lowest BCUT2D eigenvalue weighted by molar-refractivity contribution is 0.244. The number of urea groups is 1. The quantitative estimate of drug-likeness (QED) is 0.605. The lowest BCUT2D eigenvalue weighted by Crippen LogP contribution is -2.27. The monoisotopic (exact) mass is 171 g/mol. The van der Waals surface area contributed by atoms with Crippen LogP contribution in [0.1, 0.15) is 34.6 Å². The number of carbonyl (C=O) groups is 1. The average molecular weight is 171 g/mol. The Kier molecular flexibility index (Phi) is 3.86. The lowest BCUT2D eigenvalue weighted by Gasteiger charge is -2.09. The molecule has 0 spiro atoms. The molecule has 4 nitrogen and oxygen atoms in total. The van der Waals surface area contributed by atoms with E-state index in [1.165, 1.54) is 0 Å². The highest BCUT2D eigenvalue weighted by molar-refractivity contribution is 5.74. The smallest absolute Gasteiger partial charge is 0.333 e. The number of azo groups is 1. The molecule has 0 aromatic heterocycles. The molecule has 0 saturated heterocycles. The second-order valence-corrected chi connectivity index (χ2v) is 3.98. The number of nitrogens with one attached hydrogen (secondary N) is 1. The standard InChI is InChI=1S/C8H17N3O/c1-6(2)9-7(12)10-11-8(3,4)5/h6H,1-5H3,(H,9,12). The van der Waals surface area contributed by atoms with Crippen molar-refractivity contribution in [3.63, 3.8) is 0 Å². The summed E-state index contributed by atoms with van der Waals surface area (Å²) < 4.78 is 0. The first kappa shape index (κ1) is 11.1. The van der Waals surface area contributed by atoms with Gasteiger partial charge in [-0.05, 0) is 34.6 Å². The third-order valence-corrected chi connectivity index (χ3v) is 0.853. The van der Waals surface area contributed by atoms with Gasteiger partial charge in [-0.15, -0.1) is 0 Å². The summed E-state index contributed by atoms with van der Waals surface area (Å²) in [6.45, 7) is 9.42. The summed E-state index contributed by atoms with van der Waals surface area (Å²) in [5.74, 6) is 0. The highest BCUT2D eigenvalue weighted by Gasteiger charge is 2.08. The minimum atomic E-state index is -0.375. The summed E-state index contributed by atoms with van der Waals surface area (Å²) in [6, 6.07) is -0.267. The van der Waals surface area contributed by atoms with E-state index in [0.29, 0.717) is 0 Å². The zero-order valence-corrected chi connectivity index (χ0v) is 8.38. The first-order valence-corrected chi connectivity index (χ1v) is 4.04. The Morgan fingerprint density at radius 2 is 1.83 bits per heavy atom. The number of hydrogen-bond acceptors (Lipinski definition) is 2. The molecule has 12 heavy (non-hydrogen) atoms. The van der Waals surface area contributed by atoms with Crippen molar-refractivity contribution in [2.24, 2.45) is 10.2 Å². The largest absolute Gasteiger partial charge is 0.359 e. The second kappa shape index (κ2) is 4.18. The molecule has 0 heterocycles. The van der Waals surface area contributed by atoms with Crippen molar-refractivity contribution in [1.82, 2.24) is 5.32 Å². The highest BCUT2D eigenvalue weighted by atomic mass is 16.2. The molecule has 0 atom stereocenters. The molecule has 4 heteroatoms. The van der Waals surface area contributed by atoms with Crippen molar-refractivity contribution in [2.75, 3.05) is 0 Å². The molecule has 0 aliphatic carbocycles. The molecule has 0 aromatic carbocycles. The molecule has 70 valence electrons. The normalized spacial score (nSPS) is 12.5. The fraction of sp³-hybridized carbons (Fsp3) is 0.875. The molecule has 0 saturated carbocycles. The van der Waals surface area contributed by atoms with E-state index in [1.54, 1.807) is 0 Å². The molecular weight excluding hydrogens is 154 g/mol. The third kappa shape index (κ3) is 7.18. The molecule has 2 amide bonds. The van der Waals surface area contributed by atoms with E-state index in [-0.39, 0.29) is 17.6 Å². The van der Waals surface area contributed by atoms with Gasteiger partial charge in [-0.2, -0.15) is 5.11 Å². The molecule has 0 radical (unpaired) electrons. The van der Waals surface area contributed by atoms with Crippen LogP contribution in [0, 0.1) is 0 Å². The molecule has 0 unspecified atom stereocenters. The van der Waals surface area contributed by atoms with Crippen molar-refractivity contribution < 1.29 is 4.79 Å². The molecule has 0 aliphatic rings. The minimum absolute atomic E-state index is 0.108. The van der Waals surface area contributed by atoms with Crippen molar-refractivity contribution in [2.45, 2.75) is 46.2 Å². The predicted octanol–water partition coefficient (Wildman–Crippen LogP) is 2.36. The van der Waals surface area contributed by atoms with Gasteiger partial charge in [0.05, 0.1) is 5.54 Å². The van der Waals surface area contributed by atoms with Crippen LogP contribution in [-0.4, -0.2) is 17.6 Å². The Balaban J connectivity index is 3.93. The summed E-state index contributed by atoms with van der Waals surface area (Å²) in [6.07, 6.45) is 0. The van der Waals surface area contributed by atoms with Crippen LogP contribution in [0.5, 0.6) is 0 Å². The van der Waals surface area contributed by atoms with Gasteiger partial charge in [-0.25, -0.2) is 4.79 Å². The van der Waals surface area contributed by atoms with E-state index in [0.717, 1.165) is 0 Å². The number of hydrogen-bond donors (Lipinski definition) is 1. The molecule has 0 aliphatic heterocycles. The van der Waals surface area contributed by atoms with Crippen LogP contribution in [0.15, 0.2) is 10.2 Å². The van der Waals surface area contributed by atoms with E-state index in [2.05, 4.69) is 15.5 Å². The Morgan fingerprint density at radius 1 is 1.33 bits per heavy atom. The molecule has 0 aromatic rings. The lowest BCUT2D eigenvalue weighted by atomic mass is 10.1. The van der Waals surface area contributed by atoms with Crippen LogP contribution in [0.25, 0.3) is 0 Å². The Bertz CT molecular complexity index is 179. The maximum atomic E-state index is 10.9. The van der Waals surface area contributed by atoms with Gasteiger partial charge < -0.3 is 5.32 Å². The van der Waals surface area contributed by atoms with Crippen LogP contribution in [0.4, 0.5) is 4.79 Å². The topological polar surface area (TPSA) is 53.8 Å². The predicted molar refractivity (Wildman–Crippen MR) is 48.3 cm³/mol. The summed E-state index contributed by atoms with van der Waals surface area (Å²) in [4.78, 5) is 10.9. The van der Waals surface area contributed by atoms with Crippen LogP contribution in [-0.2, 0) is 0 Å². The zero-order chi connectivity index (χ0) is 9.78. The number of amides is 2. The van der Waals surface area contributed by atoms with Crippen LogP contribution >= 0.6 is 0 Å². The molecular formula is C8H17N3O. The summed E-state index contributed by atoms with van der Waals surface area (Å²) in [5.41, 5.74) is -0.283. The number of carbonyl (C=O) groups excluding carboxylic acids is 1. The first-order valence-electron chi connectivity index (χ1n) is 4.04. The van der Waals surface area contributed by atoms with E-state index in [1.807, 2.05) is 34.6 Å². The van der Waals surface area contributed by atoms with E-state index < -0.39 is 0 Å². The van der Waals surface area contributed by atoms with Crippen LogP contribution in [0.2, 0.25) is 0 Å². The van der Waals surface area contributed by atoms with Gasteiger partial charge in [0.1, 0.15) is 0 Å². The van der Waals surface area contributed by atoms with Crippen LogP contribution in [0.3, 0.4) is 0 Å². The third-order valence-electron chi connectivity index (χ3n) is 0.853. The molecule has 0 fully saturated rings. The number of rotatable bonds is 1. The maximum absolute atomic E-state index is 10.9. The Morgan fingerprint density at radius 3 is 2.17 bits per heavy atom. The summed E-state index contributed by atoms with van der Waals surface area (Å²) in [5, 5.41) is 9.95. The van der Waals surface area contributed by atoms with Gasteiger partial charge >= 0.3 is 6.03 Å². The fourth-order valence-electron chi connectivity index (χ4n) is 0.471. The maximum Gasteiger partial charge on any atom is 0.359 e. The van der Waals surface area contributed by atoms with Crippen molar-refractivity contribution in [1.29, 1.82) is 0 Å². The van der Waals surface area contributed by atoms with Gasteiger partial charge in [-0.3, -0.25) is 0 Å². The van der Waals surface area contributed by atoms with E-state index in [4.69, 9.17) is 0 Å². The molecule has 1 N–H and O–H groups in total. The number of nitrogens with zero attached hydrogens (tertiary/aromatic N) is 2. The van der Waals surface area contributed by atoms with Gasteiger partial charge in [0.2, 0.25) is 0 Å². The minimum Gasteiger partial charge on any atom is -0.333 e. The van der Waals surface area contributed by atoms with Gasteiger partial charge in [0.15, 0.2) is 0 Å². The SMILES string of the molecule is CC(C)NC(=O)N=NC(C)(C)C. The molecule has 0 rings (SSSR count). The van der Waals surface area contributed by atoms with Crippen molar-refractivity contribution >= 4 is 6.03 Å². The van der Waals surface area contributed by atoms with Crippen LogP contribution < -0.4 is 5.32 Å². The molecule has 0 bridgehead atoms. The van der Waals surface area contributed by atoms with Crippen molar-refractivity contribution in [3.05, 3.63) is 0 Å². The van der Waals surface area contributed by atoms with Gasteiger partial charge in [-0.1, -0.05) is 5.11 Å². The van der Waals surface area contributed by atoms with Gasteiger partial charge in [0.25, 0.3) is 0 Å². The van der Waals surface area contributed by atoms with Crippen molar-refractivity contribution in [3.8, 4) is 0 Å². The van der Waals surface area contributed by atoms with E-state index >= 15 is 0 Å². The fourth-order valence-corrected chi connectivity index (χ4v) is 0.471. The Labute approximate surface area is 73.5 Å². The zero-order valence-electron chi connectivity index (χ0n) is 8.38. The highest BCUT2D eigenvalue weighted by Crippen LogP contribution is 2.06. The van der Waals surface area contributed by atoms with Gasteiger partial charge in [0, 0.05) is 6.04 Å². The first-order chi connectivity index (χ1) is 5.31. The summed E-state index contributed by atoms with van der Waals surface area (Å²) in [7, 11) is 0.